The summed E-state index contributed by atoms with van der Waals surface area (Å²) in [5.41, 5.74) is 0.206. The second-order valence-electron chi connectivity index (χ2n) is 2.96. The Balaban J connectivity index is 2.49. The number of hydrogen-bond acceptors (Lipinski definition) is 4. The Labute approximate surface area is 94.7 Å². The van der Waals surface area contributed by atoms with Crippen molar-refractivity contribution in [3.8, 4) is 11.4 Å². The van der Waals surface area contributed by atoms with Crippen LogP contribution in [0.15, 0.2) is 24.3 Å². The lowest BCUT2D eigenvalue weighted by atomic mass is 10.3. The highest BCUT2D eigenvalue weighted by atomic mass is 35.5. The Morgan fingerprint density at radius 2 is 1.94 bits per heavy atom. The fourth-order valence-corrected chi connectivity index (χ4v) is 1.41. The van der Waals surface area contributed by atoms with Crippen LogP contribution in [0.5, 0.6) is 5.75 Å². The minimum Gasteiger partial charge on any atom is -0.508 e. The molecule has 0 aliphatic carbocycles. The van der Waals surface area contributed by atoms with Gasteiger partial charge in [0.25, 0.3) is 0 Å². The van der Waals surface area contributed by atoms with E-state index in [0.717, 1.165) is 0 Å². The predicted octanol–water partition coefficient (Wildman–Crippen LogP) is 1.32. The Morgan fingerprint density at radius 1 is 1.31 bits per heavy atom. The maximum atomic E-state index is 10.7. The smallest absolute Gasteiger partial charge is 0.359 e. The molecule has 0 atom stereocenters. The van der Waals surface area contributed by atoms with E-state index in [1.165, 1.54) is 16.8 Å². The van der Waals surface area contributed by atoms with Gasteiger partial charge in [0, 0.05) is 0 Å². The molecule has 0 saturated heterocycles. The van der Waals surface area contributed by atoms with Crippen LogP contribution in [0.4, 0.5) is 0 Å². The SMILES string of the molecule is O=C(O)c1nnn(-c2ccc(O)cc2)c1Cl. The van der Waals surface area contributed by atoms with Gasteiger partial charge in [-0.25, -0.2) is 9.48 Å². The van der Waals surface area contributed by atoms with Gasteiger partial charge in [-0.3, -0.25) is 0 Å². The maximum absolute atomic E-state index is 10.7. The lowest BCUT2D eigenvalue weighted by Gasteiger charge is -2.01. The van der Waals surface area contributed by atoms with Crippen LogP contribution in [0.3, 0.4) is 0 Å². The first-order valence-electron chi connectivity index (χ1n) is 4.23. The van der Waals surface area contributed by atoms with Crippen LogP contribution in [0.25, 0.3) is 5.69 Å². The lowest BCUT2D eigenvalue weighted by Crippen LogP contribution is -1.99. The van der Waals surface area contributed by atoms with Crippen molar-refractivity contribution in [2.45, 2.75) is 0 Å². The minimum atomic E-state index is -1.24. The molecule has 0 radical (unpaired) electrons. The zero-order valence-electron chi connectivity index (χ0n) is 7.83. The molecule has 7 heteroatoms. The number of benzene rings is 1. The fourth-order valence-electron chi connectivity index (χ4n) is 1.16. The third kappa shape index (κ3) is 1.70. The van der Waals surface area contributed by atoms with Crippen molar-refractivity contribution in [3.63, 3.8) is 0 Å². The first-order valence-corrected chi connectivity index (χ1v) is 4.61. The highest BCUT2D eigenvalue weighted by Gasteiger charge is 2.17. The molecule has 2 aromatic rings. The molecule has 1 aromatic carbocycles. The van der Waals surface area contributed by atoms with E-state index >= 15 is 0 Å². The van der Waals surface area contributed by atoms with Gasteiger partial charge in [0.1, 0.15) is 5.75 Å². The summed E-state index contributed by atoms with van der Waals surface area (Å²) in [6, 6.07) is 5.96. The lowest BCUT2D eigenvalue weighted by molar-refractivity contribution is 0.0690. The number of hydrogen-bond donors (Lipinski definition) is 2. The van der Waals surface area contributed by atoms with Gasteiger partial charge in [-0.1, -0.05) is 16.8 Å². The Kier molecular flexibility index (Phi) is 2.49. The van der Waals surface area contributed by atoms with Crippen molar-refractivity contribution in [1.29, 1.82) is 0 Å². The maximum Gasteiger partial charge on any atom is 0.359 e. The summed E-state index contributed by atoms with van der Waals surface area (Å²) >= 11 is 5.79. The van der Waals surface area contributed by atoms with Gasteiger partial charge >= 0.3 is 5.97 Å². The van der Waals surface area contributed by atoms with Crippen LogP contribution in [0.1, 0.15) is 10.5 Å². The van der Waals surface area contributed by atoms with E-state index in [1.54, 1.807) is 12.1 Å². The second kappa shape index (κ2) is 3.82. The number of carboxylic acid groups (broad SMARTS) is 1. The van der Waals surface area contributed by atoms with Crippen LogP contribution in [0.2, 0.25) is 5.15 Å². The molecular formula is C9H6ClN3O3. The molecule has 0 spiro atoms. The van der Waals surface area contributed by atoms with E-state index in [1.807, 2.05) is 0 Å². The van der Waals surface area contributed by atoms with Crippen molar-refractivity contribution in [3.05, 3.63) is 35.1 Å². The Hall–Kier alpha value is -2.08. The average Bonchev–Trinajstić information content (AvgIpc) is 2.61. The standard InChI is InChI=1S/C9H6ClN3O3/c10-8-7(9(15)16)11-12-13(8)5-1-3-6(14)4-2-5/h1-4,14H,(H,15,16). The zero-order chi connectivity index (χ0) is 11.7. The molecule has 0 fully saturated rings. The number of halogens is 1. The van der Waals surface area contributed by atoms with E-state index in [0.29, 0.717) is 5.69 Å². The molecule has 1 heterocycles. The van der Waals surface area contributed by atoms with E-state index in [9.17, 15) is 4.79 Å². The first-order chi connectivity index (χ1) is 7.59. The highest BCUT2D eigenvalue weighted by Crippen LogP contribution is 2.19. The molecule has 1 aromatic heterocycles. The van der Waals surface area contributed by atoms with Crippen molar-refractivity contribution >= 4 is 17.6 Å². The van der Waals surface area contributed by atoms with E-state index in [4.69, 9.17) is 21.8 Å². The predicted molar refractivity (Wildman–Crippen MR) is 55.0 cm³/mol. The van der Waals surface area contributed by atoms with Crippen molar-refractivity contribution in [2.75, 3.05) is 0 Å². The number of aromatic carboxylic acids is 1. The third-order valence-electron chi connectivity index (χ3n) is 1.91. The largest absolute Gasteiger partial charge is 0.508 e. The van der Waals surface area contributed by atoms with Gasteiger partial charge in [0.05, 0.1) is 5.69 Å². The Morgan fingerprint density at radius 3 is 2.44 bits per heavy atom. The summed E-state index contributed by atoms with van der Waals surface area (Å²) in [4.78, 5) is 10.7. The number of nitrogens with zero attached hydrogens (tertiary/aromatic N) is 3. The number of phenolic OH excluding ortho intramolecular Hbond substituents is 1. The number of carbonyl (C=O) groups is 1. The topological polar surface area (TPSA) is 88.2 Å². The zero-order valence-corrected chi connectivity index (χ0v) is 8.59. The molecule has 0 aliphatic heterocycles. The Bertz CT molecular complexity index is 535. The summed E-state index contributed by atoms with van der Waals surface area (Å²) in [5.74, 6) is -1.14. The number of aromatic hydroxyl groups is 1. The summed E-state index contributed by atoms with van der Waals surface area (Å²) in [7, 11) is 0. The van der Waals surface area contributed by atoms with E-state index < -0.39 is 5.97 Å². The quantitative estimate of drug-likeness (QED) is 0.825. The van der Waals surface area contributed by atoms with Crippen LogP contribution in [-0.4, -0.2) is 31.2 Å². The summed E-state index contributed by atoms with van der Waals surface area (Å²) in [5, 5.41) is 24.8. The molecule has 82 valence electrons. The minimum absolute atomic E-state index is 0.0850. The molecule has 0 saturated carbocycles. The number of carboxylic acids is 1. The molecule has 2 rings (SSSR count). The molecule has 0 bridgehead atoms. The van der Waals surface area contributed by atoms with Gasteiger partial charge in [-0.05, 0) is 24.3 Å². The number of rotatable bonds is 2. The van der Waals surface area contributed by atoms with Gasteiger partial charge in [-0.2, -0.15) is 0 Å². The van der Waals surface area contributed by atoms with Crippen LogP contribution < -0.4 is 0 Å². The summed E-state index contributed by atoms with van der Waals surface area (Å²) < 4.78 is 1.17. The van der Waals surface area contributed by atoms with Crippen LogP contribution in [-0.2, 0) is 0 Å². The molecule has 2 N–H and O–H groups in total. The van der Waals surface area contributed by atoms with E-state index in [-0.39, 0.29) is 16.6 Å². The molecular weight excluding hydrogens is 234 g/mol. The van der Waals surface area contributed by atoms with Crippen molar-refractivity contribution < 1.29 is 15.0 Å². The molecule has 16 heavy (non-hydrogen) atoms. The van der Waals surface area contributed by atoms with Gasteiger partial charge in [0.2, 0.25) is 5.69 Å². The molecule has 0 aliphatic rings. The normalized spacial score (nSPS) is 10.3. The van der Waals surface area contributed by atoms with E-state index in [2.05, 4.69) is 10.3 Å². The van der Waals surface area contributed by atoms with Crippen molar-refractivity contribution in [2.24, 2.45) is 0 Å². The van der Waals surface area contributed by atoms with Crippen LogP contribution in [0, 0.1) is 0 Å². The number of aromatic nitrogens is 3. The average molecular weight is 240 g/mol. The molecule has 0 amide bonds. The third-order valence-corrected chi connectivity index (χ3v) is 2.25. The monoisotopic (exact) mass is 239 g/mol. The molecule has 6 nitrogen and oxygen atoms in total. The highest BCUT2D eigenvalue weighted by molar-refractivity contribution is 6.32. The van der Waals surface area contributed by atoms with Crippen molar-refractivity contribution in [1.82, 2.24) is 15.0 Å². The van der Waals surface area contributed by atoms with Crippen LogP contribution >= 0.6 is 11.6 Å². The summed E-state index contributed by atoms with van der Waals surface area (Å²) in [6.07, 6.45) is 0. The first kappa shape index (κ1) is 10.4. The van der Waals surface area contributed by atoms with Gasteiger partial charge in [0.15, 0.2) is 5.15 Å². The van der Waals surface area contributed by atoms with Gasteiger partial charge in [-0.15, -0.1) is 5.10 Å². The van der Waals surface area contributed by atoms with Gasteiger partial charge < -0.3 is 10.2 Å². The summed E-state index contributed by atoms with van der Waals surface area (Å²) in [6.45, 7) is 0. The molecule has 0 unspecified atom stereocenters. The second-order valence-corrected chi connectivity index (χ2v) is 3.32. The number of phenols is 1. The fraction of sp³-hybridized carbons (Fsp3) is 0.